The summed E-state index contributed by atoms with van der Waals surface area (Å²) in [5.74, 6) is 0.0408. The number of benzene rings is 1. The Morgan fingerprint density at radius 1 is 1.20 bits per heavy atom. The molecule has 1 spiro atoms. The van der Waals surface area contributed by atoms with Gasteiger partial charge in [0.1, 0.15) is 5.82 Å². The van der Waals surface area contributed by atoms with Gasteiger partial charge in [-0.05, 0) is 37.8 Å². The van der Waals surface area contributed by atoms with Crippen LogP contribution < -0.4 is 0 Å². The van der Waals surface area contributed by atoms with Crippen LogP contribution in [0.4, 0.5) is 4.39 Å². The van der Waals surface area contributed by atoms with Gasteiger partial charge < -0.3 is 4.74 Å². The molecule has 1 heterocycles. The van der Waals surface area contributed by atoms with Crippen molar-refractivity contribution >= 4 is 10.8 Å². The quantitative estimate of drug-likeness (QED) is 0.847. The van der Waals surface area contributed by atoms with Gasteiger partial charge in [-0.3, -0.25) is 4.21 Å². The van der Waals surface area contributed by atoms with Crippen LogP contribution in [0.1, 0.15) is 44.9 Å². The van der Waals surface area contributed by atoms with Crippen molar-refractivity contribution < 1.29 is 13.3 Å². The minimum Gasteiger partial charge on any atom is -0.371 e. The molecule has 2 nitrogen and oxygen atoms in total. The fraction of sp³-hybridized carbons (Fsp3) is 0.625. The highest BCUT2D eigenvalue weighted by Crippen LogP contribution is 2.42. The smallest absolute Gasteiger partial charge is 0.139 e. The van der Waals surface area contributed by atoms with Crippen LogP contribution in [0, 0.1) is 5.82 Å². The predicted octanol–water partition coefficient (Wildman–Crippen LogP) is 3.82. The van der Waals surface area contributed by atoms with Crippen LogP contribution in [0.15, 0.2) is 29.2 Å². The molecule has 0 radical (unpaired) electrons. The SMILES string of the molecule is O=S(CC1CCC2(CCCCC2)O1)c1ccccc1F. The van der Waals surface area contributed by atoms with E-state index in [-0.39, 0.29) is 17.5 Å². The third-order valence-corrected chi connectivity index (χ3v) is 6.02. The zero-order valence-electron chi connectivity index (χ0n) is 11.6. The predicted molar refractivity (Wildman–Crippen MR) is 77.6 cm³/mol. The summed E-state index contributed by atoms with van der Waals surface area (Å²) < 4.78 is 32.1. The van der Waals surface area contributed by atoms with Gasteiger partial charge in [-0.15, -0.1) is 0 Å². The molecule has 0 bridgehead atoms. The molecule has 0 N–H and O–H groups in total. The Labute approximate surface area is 122 Å². The highest BCUT2D eigenvalue weighted by Gasteiger charge is 2.41. The Hall–Kier alpha value is -0.740. The molecule has 2 unspecified atom stereocenters. The molecule has 2 atom stereocenters. The molecular weight excluding hydrogens is 275 g/mol. The average Bonchev–Trinajstić information content (AvgIpc) is 2.82. The molecule has 3 rings (SSSR count). The van der Waals surface area contributed by atoms with E-state index in [0.717, 1.165) is 25.7 Å². The van der Waals surface area contributed by atoms with Gasteiger partial charge in [-0.2, -0.15) is 0 Å². The maximum Gasteiger partial charge on any atom is 0.139 e. The van der Waals surface area contributed by atoms with Crippen LogP contribution in [0.2, 0.25) is 0 Å². The van der Waals surface area contributed by atoms with Gasteiger partial charge >= 0.3 is 0 Å². The number of rotatable bonds is 3. The Bertz CT molecular complexity index is 497. The average molecular weight is 296 g/mol. The van der Waals surface area contributed by atoms with E-state index < -0.39 is 10.8 Å². The fourth-order valence-electron chi connectivity index (χ4n) is 3.46. The molecular formula is C16H21FO2S. The summed E-state index contributed by atoms with van der Waals surface area (Å²) in [6.07, 6.45) is 8.11. The van der Waals surface area contributed by atoms with Gasteiger partial charge in [-0.1, -0.05) is 31.4 Å². The van der Waals surface area contributed by atoms with Crippen LogP contribution in [-0.4, -0.2) is 21.7 Å². The molecule has 1 aromatic rings. The highest BCUT2D eigenvalue weighted by atomic mass is 32.2. The third kappa shape index (κ3) is 2.96. The largest absolute Gasteiger partial charge is 0.371 e. The van der Waals surface area contributed by atoms with Gasteiger partial charge in [0.05, 0.1) is 33.2 Å². The van der Waals surface area contributed by atoms with Gasteiger partial charge in [0.15, 0.2) is 0 Å². The fourth-order valence-corrected chi connectivity index (χ4v) is 4.73. The summed E-state index contributed by atoms with van der Waals surface area (Å²) in [4.78, 5) is 0.306. The zero-order chi connectivity index (χ0) is 14.0. The van der Waals surface area contributed by atoms with Crippen molar-refractivity contribution in [3.63, 3.8) is 0 Å². The van der Waals surface area contributed by atoms with Crippen molar-refractivity contribution in [2.45, 2.75) is 61.5 Å². The molecule has 1 aliphatic carbocycles. The van der Waals surface area contributed by atoms with Crippen molar-refractivity contribution in [2.75, 3.05) is 5.75 Å². The summed E-state index contributed by atoms with van der Waals surface area (Å²) in [6, 6.07) is 6.33. The van der Waals surface area contributed by atoms with Crippen molar-refractivity contribution in [1.82, 2.24) is 0 Å². The van der Waals surface area contributed by atoms with E-state index in [9.17, 15) is 8.60 Å². The molecule has 20 heavy (non-hydrogen) atoms. The number of hydrogen-bond acceptors (Lipinski definition) is 2. The van der Waals surface area contributed by atoms with Crippen LogP contribution in [0.25, 0.3) is 0 Å². The minimum atomic E-state index is -1.31. The van der Waals surface area contributed by atoms with Crippen LogP contribution in [0.3, 0.4) is 0 Å². The first-order valence-electron chi connectivity index (χ1n) is 7.49. The van der Waals surface area contributed by atoms with Crippen LogP contribution in [-0.2, 0) is 15.5 Å². The van der Waals surface area contributed by atoms with E-state index in [1.165, 1.54) is 25.3 Å². The molecule has 1 aliphatic heterocycles. The second-order valence-electron chi connectivity index (χ2n) is 5.96. The van der Waals surface area contributed by atoms with Crippen molar-refractivity contribution in [3.05, 3.63) is 30.1 Å². The van der Waals surface area contributed by atoms with E-state index in [1.54, 1.807) is 18.2 Å². The first-order valence-corrected chi connectivity index (χ1v) is 8.81. The van der Waals surface area contributed by atoms with Crippen LogP contribution >= 0.6 is 0 Å². The number of halogens is 1. The zero-order valence-corrected chi connectivity index (χ0v) is 12.5. The van der Waals surface area contributed by atoms with Gasteiger partial charge in [0.2, 0.25) is 0 Å². The summed E-state index contributed by atoms with van der Waals surface area (Å²) in [6.45, 7) is 0. The lowest BCUT2D eigenvalue weighted by Crippen LogP contribution is -2.32. The number of hydrogen-bond donors (Lipinski definition) is 0. The Balaban J connectivity index is 1.62. The van der Waals surface area contributed by atoms with E-state index >= 15 is 0 Å². The topological polar surface area (TPSA) is 26.3 Å². The third-order valence-electron chi connectivity index (χ3n) is 4.52. The summed E-state index contributed by atoms with van der Waals surface area (Å²) in [5, 5.41) is 0. The monoisotopic (exact) mass is 296 g/mol. The lowest BCUT2D eigenvalue weighted by molar-refractivity contribution is -0.0557. The molecule has 4 heteroatoms. The molecule has 1 saturated carbocycles. The molecule has 110 valence electrons. The van der Waals surface area contributed by atoms with Crippen LogP contribution in [0.5, 0.6) is 0 Å². The van der Waals surface area contributed by atoms with Gasteiger partial charge in [0.25, 0.3) is 0 Å². The molecule has 2 fully saturated rings. The molecule has 1 saturated heterocycles. The normalized spacial score (nSPS) is 26.8. The van der Waals surface area contributed by atoms with E-state index in [0.29, 0.717) is 10.6 Å². The number of ether oxygens (including phenoxy) is 1. The molecule has 0 amide bonds. The van der Waals surface area contributed by atoms with E-state index in [1.807, 2.05) is 0 Å². The molecule has 0 aromatic heterocycles. The Morgan fingerprint density at radius 2 is 1.95 bits per heavy atom. The Kier molecular flexibility index (Phi) is 4.22. The highest BCUT2D eigenvalue weighted by molar-refractivity contribution is 7.85. The molecule has 2 aliphatic rings. The van der Waals surface area contributed by atoms with Crippen molar-refractivity contribution in [1.29, 1.82) is 0 Å². The first-order chi connectivity index (χ1) is 9.69. The van der Waals surface area contributed by atoms with E-state index in [2.05, 4.69) is 0 Å². The first kappa shape index (κ1) is 14.2. The molecule has 1 aromatic carbocycles. The second kappa shape index (κ2) is 5.94. The standard InChI is InChI=1S/C16H21FO2S/c17-14-6-2-3-7-15(14)20(18)12-13-8-11-16(19-13)9-4-1-5-10-16/h2-3,6-7,13H,1,4-5,8-12H2. The second-order valence-corrected chi connectivity index (χ2v) is 7.43. The van der Waals surface area contributed by atoms with Gasteiger partial charge in [-0.25, -0.2) is 4.39 Å². The maximum atomic E-state index is 13.6. The lowest BCUT2D eigenvalue weighted by atomic mass is 9.83. The summed E-state index contributed by atoms with van der Waals surface area (Å²) >= 11 is 0. The lowest BCUT2D eigenvalue weighted by Gasteiger charge is -2.33. The summed E-state index contributed by atoms with van der Waals surface area (Å²) in [7, 11) is -1.31. The van der Waals surface area contributed by atoms with Gasteiger partial charge in [0, 0.05) is 0 Å². The summed E-state index contributed by atoms with van der Waals surface area (Å²) in [5.41, 5.74) is 0.0440. The van der Waals surface area contributed by atoms with Crippen molar-refractivity contribution in [3.8, 4) is 0 Å². The minimum absolute atomic E-state index is 0.0218. The van der Waals surface area contributed by atoms with Crippen molar-refractivity contribution in [2.24, 2.45) is 0 Å². The Morgan fingerprint density at radius 3 is 2.70 bits per heavy atom. The van der Waals surface area contributed by atoms with E-state index in [4.69, 9.17) is 4.74 Å². The maximum absolute atomic E-state index is 13.6.